The molecule has 3 aromatic carbocycles. The van der Waals surface area contributed by atoms with E-state index in [1.54, 1.807) is 0 Å². The van der Waals surface area contributed by atoms with Gasteiger partial charge < -0.3 is 14.6 Å². The average molecular weight is 615 g/mol. The standard InChI is InChI=1S/C42H62O3/c1-34(2)18-15-19-35(3)20-16-21-36(4)22-17-23-37(5)30-31-44-32-41(43)33-45-42(38-24-9-6-10-25-38,39-26-11-7-12-27-39)40-28-13-8-14-29-40/h6-14,24-29,34-37,41,43H,15-23,30-33H2,1-5H3. The summed E-state index contributed by atoms with van der Waals surface area (Å²) in [5, 5.41) is 10.9. The van der Waals surface area contributed by atoms with E-state index in [-0.39, 0.29) is 13.2 Å². The van der Waals surface area contributed by atoms with E-state index < -0.39 is 11.7 Å². The molecule has 4 unspecified atom stereocenters. The fourth-order valence-corrected chi connectivity index (χ4v) is 6.48. The highest BCUT2D eigenvalue weighted by Crippen LogP contribution is 2.40. The molecule has 1 N–H and O–H groups in total. The van der Waals surface area contributed by atoms with Gasteiger partial charge >= 0.3 is 0 Å². The van der Waals surface area contributed by atoms with Gasteiger partial charge in [0.05, 0.1) is 13.2 Å². The van der Waals surface area contributed by atoms with Gasteiger partial charge in [0.15, 0.2) is 0 Å². The van der Waals surface area contributed by atoms with Crippen LogP contribution in [-0.2, 0) is 15.1 Å². The Balaban J connectivity index is 1.38. The summed E-state index contributed by atoms with van der Waals surface area (Å²) in [7, 11) is 0. The van der Waals surface area contributed by atoms with Crippen molar-refractivity contribution in [2.75, 3.05) is 19.8 Å². The van der Waals surface area contributed by atoms with Crippen molar-refractivity contribution in [1.82, 2.24) is 0 Å². The smallest absolute Gasteiger partial charge is 0.143 e. The van der Waals surface area contributed by atoms with Crippen molar-refractivity contribution in [2.24, 2.45) is 23.7 Å². The second kappa shape index (κ2) is 20.6. The molecule has 0 amide bonds. The largest absolute Gasteiger partial charge is 0.388 e. The lowest BCUT2D eigenvalue weighted by atomic mass is 9.80. The normalized spacial score (nSPS) is 14.7. The average Bonchev–Trinajstić information content (AvgIpc) is 3.05. The van der Waals surface area contributed by atoms with Crippen LogP contribution in [0.5, 0.6) is 0 Å². The molecule has 3 nitrogen and oxygen atoms in total. The van der Waals surface area contributed by atoms with E-state index >= 15 is 0 Å². The van der Waals surface area contributed by atoms with Crippen LogP contribution in [0.1, 0.15) is 116 Å². The zero-order valence-corrected chi connectivity index (χ0v) is 29.0. The minimum Gasteiger partial charge on any atom is -0.388 e. The highest BCUT2D eigenvalue weighted by atomic mass is 16.5. The lowest BCUT2D eigenvalue weighted by Gasteiger charge is -2.36. The predicted molar refractivity (Wildman–Crippen MR) is 190 cm³/mol. The molecule has 0 aliphatic carbocycles. The first kappa shape index (κ1) is 37.0. The van der Waals surface area contributed by atoms with Gasteiger partial charge in [-0.15, -0.1) is 0 Å². The van der Waals surface area contributed by atoms with Crippen molar-refractivity contribution in [2.45, 2.75) is 111 Å². The monoisotopic (exact) mass is 614 g/mol. The summed E-state index contributed by atoms with van der Waals surface area (Å²) in [5.41, 5.74) is 2.27. The van der Waals surface area contributed by atoms with Crippen LogP contribution in [0, 0.1) is 23.7 Å². The summed E-state index contributed by atoms with van der Waals surface area (Å²) < 4.78 is 12.7. The molecule has 248 valence electrons. The van der Waals surface area contributed by atoms with Crippen molar-refractivity contribution >= 4 is 0 Å². The van der Waals surface area contributed by atoms with Gasteiger partial charge in [0.2, 0.25) is 0 Å². The number of rotatable bonds is 23. The Morgan fingerprint density at radius 2 is 0.889 bits per heavy atom. The highest BCUT2D eigenvalue weighted by Gasteiger charge is 2.38. The zero-order chi connectivity index (χ0) is 32.3. The van der Waals surface area contributed by atoms with Crippen LogP contribution in [0.2, 0.25) is 0 Å². The topological polar surface area (TPSA) is 38.7 Å². The molecule has 0 aliphatic rings. The lowest BCUT2D eigenvalue weighted by molar-refractivity contribution is -0.0647. The molecule has 3 heteroatoms. The Morgan fingerprint density at radius 1 is 0.511 bits per heavy atom. The number of aliphatic hydroxyl groups excluding tert-OH is 1. The fraction of sp³-hybridized carbons (Fsp3) is 0.571. The third-order valence-electron chi connectivity index (χ3n) is 9.36. The van der Waals surface area contributed by atoms with Gasteiger partial charge in [0, 0.05) is 6.61 Å². The molecule has 0 aromatic heterocycles. The van der Waals surface area contributed by atoms with E-state index in [0.717, 1.165) is 40.9 Å². The van der Waals surface area contributed by atoms with Crippen molar-refractivity contribution in [3.05, 3.63) is 108 Å². The third-order valence-corrected chi connectivity index (χ3v) is 9.36. The van der Waals surface area contributed by atoms with Gasteiger partial charge in [-0.2, -0.15) is 0 Å². The van der Waals surface area contributed by atoms with Gasteiger partial charge in [0.1, 0.15) is 11.7 Å². The zero-order valence-electron chi connectivity index (χ0n) is 29.0. The molecule has 0 heterocycles. The Kier molecular flexibility index (Phi) is 17.0. The number of aliphatic hydroxyl groups is 1. The first-order chi connectivity index (χ1) is 21.8. The maximum absolute atomic E-state index is 10.9. The summed E-state index contributed by atoms with van der Waals surface area (Å²) in [5.74, 6) is 3.17. The molecular weight excluding hydrogens is 552 g/mol. The molecule has 0 bridgehead atoms. The van der Waals surface area contributed by atoms with Crippen LogP contribution in [-0.4, -0.2) is 31.0 Å². The summed E-state index contributed by atoms with van der Waals surface area (Å²) in [6.45, 7) is 13.0. The molecule has 45 heavy (non-hydrogen) atoms. The Labute approximate surface area is 275 Å². The molecule has 0 spiro atoms. The quantitative estimate of drug-likeness (QED) is 0.0853. The SMILES string of the molecule is CC(C)CCCC(C)CCCC(C)CCCC(C)CCOCC(O)COC(c1ccccc1)(c1ccccc1)c1ccccc1. The molecular formula is C42H62O3. The summed E-state index contributed by atoms with van der Waals surface area (Å²) >= 11 is 0. The van der Waals surface area contributed by atoms with Crippen LogP contribution in [0.25, 0.3) is 0 Å². The first-order valence-corrected chi connectivity index (χ1v) is 17.9. The summed E-state index contributed by atoms with van der Waals surface area (Å²) in [6.07, 6.45) is 12.5. The van der Waals surface area contributed by atoms with Gasteiger partial charge in [-0.25, -0.2) is 0 Å². The fourth-order valence-electron chi connectivity index (χ4n) is 6.48. The van der Waals surface area contributed by atoms with Gasteiger partial charge in [0.25, 0.3) is 0 Å². The second-order valence-corrected chi connectivity index (χ2v) is 14.1. The van der Waals surface area contributed by atoms with E-state index in [1.165, 1.54) is 57.8 Å². The predicted octanol–water partition coefficient (Wildman–Crippen LogP) is 10.8. The van der Waals surface area contributed by atoms with Crippen molar-refractivity contribution in [3.8, 4) is 0 Å². The van der Waals surface area contributed by atoms with Crippen LogP contribution in [0.3, 0.4) is 0 Å². The van der Waals surface area contributed by atoms with Crippen LogP contribution < -0.4 is 0 Å². The summed E-state index contributed by atoms with van der Waals surface area (Å²) in [6, 6.07) is 30.9. The lowest BCUT2D eigenvalue weighted by Crippen LogP contribution is -2.36. The van der Waals surface area contributed by atoms with Gasteiger partial charge in [-0.1, -0.05) is 183 Å². The Morgan fingerprint density at radius 3 is 1.29 bits per heavy atom. The van der Waals surface area contributed by atoms with Gasteiger partial charge in [-0.05, 0) is 46.8 Å². The number of ether oxygens (including phenoxy) is 2. The van der Waals surface area contributed by atoms with E-state index in [9.17, 15) is 5.11 Å². The molecule has 3 aromatic rings. The van der Waals surface area contributed by atoms with E-state index in [2.05, 4.69) is 71.0 Å². The van der Waals surface area contributed by atoms with E-state index in [0.29, 0.717) is 12.5 Å². The maximum atomic E-state index is 10.9. The second-order valence-electron chi connectivity index (χ2n) is 14.1. The van der Waals surface area contributed by atoms with E-state index in [4.69, 9.17) is 9.47 Å². The number of hydrogen-bond acceptors (Lipinski definition) is 3. The molecule has 0 saturated carbocycles. The van der Waals surface area contributed by atoms with Crippen molar-refractivity contribution in [3.63, 3.8) is 0 Å². The maximum Gasteiger partial charge on any atom is 0.143 e. The Hall–Kier alpha value is -2.46. The minimum atomic E-state index is -0.831. The molecule has 0 radical (unpaired) electrons. The summed E-state index contributed by atoms with van der Waals surface area (Å²) in [4.78, 5) is 0. The molecule has 3 rings (SSSR count). The van der Waals surface area contributed by atoms with Gasteiger partial charge in [-0.3, -0.25) is 0 Å². The number of benzene rings is 3. The highest BCUT2D eigenvalue weighted by molar-refractivity contribution is 5.47. The third kappa shape index (κ3) is 13.1. The molecule has 0 fully saturated rings. The van der Waals surface area contributed by atoms with Crippen LogP contribution in [0.15, 0.2) is 91.0 Å². The van der Waals surface area contributed by atoms with Crippen molar-refractivity contribution in [1.29, 1.82) is 0 Å². The molecule has 0 saturated heterocycles. The van der Waals surface area contributed by atoms with E-state index in [1.807, 2.05) is 54.6 Å². The molecule has 4 atom stereocenters. The first-order valence-electron chi connectivity index (χ1n) is 17.9. The Bertz CT molecular complexity index is 1030. The minimum absolute atomic E-state index is 0.169. The van der Waals surface area contributed by atoms with Crippen LogP contribution in [0.4, 0.5) is 0 Å². The molecule has 0 aliphatic heterocycles. The number of hydrogen-bond donors (Lipinski definition) is 1. The van der Waals surface area contributed by atoms with Crippen molar-refractivity contribution < 1.29 is 14.6 Å². The van der Waals surface area contributed by atoms with Crippen LogP contribution >= 0.6 is 0 Å².